The molecule has 3 aromatic rings. The van der Waals surface area contributed by atoms with Crippen LogP contribution < -0.4 is 24.3 Å². The number of ketones is 1. The number of hydrogen-bond acceptors (Lipinski definition) is 9. The predicted molar refractivity (Wildman–Crippen MR) is 172 cm³/mol. The van der Waals surface area contributed by atoms with Crippen LogP contribution in [-0.2, 0) is 20.7 Å². The van der Waals surface area contributed by atoms with Gasteiger partial charge >= 0.3 is 12.6 Å². The van der Waals surface area contributed by atoms with Gasteiger partial charge in [0.2, 0.25) is 0 Å². The second-order valence-electron chi connectivity index (χ2n) is 11.9. The van der Waals surface area contributed by atoms with E-state index >= 15 is 0 Å². The molecule has 15 heteroatoms. The first kappa shape index (κ1) is 35.3. The zero-order chi connectivity index (χ0) is 33.2. The number of hydrogen-bond donors (Lipinski definition) is 0. The number of rotatable bonds is 12. The second-order valence-corrected chi connectivity index (χ2v) is 12.7. The standard InChI is InChI=1S/C33H32Cl2F2N4O6.H2O/c1-39-8-10-40(11-9-39)21-5-6-22-26(13-21)41(32(44)31(22)43)17-30(42)46-28(14-23-24(34)15-38-16-25(23)35)20-4-7-27(47-33(36)37)29(12-20)45-18-19-2-3-19;/h4-7,12-13,15-16,19,28,33H,2-3,8-11,14,17-18H2,1H3;1H2/t28-;/m0./s1. The number of Topliss-reactive ketones (excluding diaryl/α,β-unsaturated/α-hetero) is 1. The van der Waals surface area contributed by atoms with Crippen LogP contribution in [0.5, 0.6) is 11.5 Å². The number of aromatic amines is 1. The maximum Gasteiger partial charge on any atom is 0.387 e. The lowest BCUT2D eigenvalue weighted by molar-refractivity contribution is -0.377. The molecular formula is C33H34Cl2F2N4O7. The van der Waals surface area contributed by atoms with Crippen LogP contribution >= 0.6 is 23.2 Å². The van der Waals surface area contributed by atoms with Crippen LogP contribution in [0.3, 0.4) is 0 Å². The zero-order valence-electron chi connectivity index (χ0n) is 26.0. The van der Waals surface area contributed by atoms with Gasteiger partial charge in [0.15, 0.2) is 23.9 Å². The highest BCUT2D eigenvalue weighted by molar-refractivity contribution is 6.52. The number of H-pyrrole nitrogens is 1. The molecule has 6 rings (SSSR count). The third-order valence-electron chi connectivity index (χ3n) is 8.50. The average molecular weight is 708 g/mol. The number of ether oxygens (including phenoxy) is 3. The van der Waals surface area contributed by atoms with Crippen LogP contribution in [0.15, 0.2) is 48.8 Å². The molecule has 1 aliphatic carbocycles. The molecule has 256 valence electrons. The highest BCUT2D eigenvalue weighted by atomic mass is 35.5. The molecule has 1 amide bonds. The van der Waals surface area contributed by atoms with Crippen LogP contribution in [-0.4, -0.2) is 81.0 Å². The van der Waals surface area contributed by atoms with Gasteiger partial charge in [-0.05, 0) is 61.7 Å². The molecule has 2 N–H and O–H groups in total. The fourth-order valence-electron chi connectivity index (χ4n) is 5.63. The summed E-state index contributed by atoms with van der Waals surface area (Å²) in [5.41, 5.74) is 2.24. The van der Waals surface area contributed by atoms with Crippen LogP contribution in [0, 0.1) is 5.92 Å². The van der Waals surface area contributed by atoms with Crippen LogP contribution in [0.25, 0.3) is 0 Å². The molecule has 2 aliphatic heterocycles. The molecule has 1 saturated carbocycles. The molecule has 3 heterocycles. The van der Waals surface area contributed by atoms with Gasteiger partial charge in [-0.2, -0.15) is 8.78 Å². The summed E-state index contributed by atoms with van der Waals surface area (Å²) in [5, 5.41) is 0.569. The number of esters is 1. The van der Waals surface area contributed by atoms with Crippen LogP contribution in [0.1, 0.15) is 40.4 Å². The van der Waals surface area contributed by atoms with Gasteiger partial charge in [-0.1, -0.05) is 29.3 Å². The largest absolute Gasteiger partial charge is 0.870 e. The van der Waals surface area contributed by atoms with Crippen molar-refractivity contribution in [2.24, 2.45) is 5.92 Å². The van der Waals surface area contributed by atoms with Crippen molar-refractivity contribution in [2.75, 3.05) is 56.2 Å². The quantitative estimate of drug-likeness (QED) is 0.192. The van der Waals surface area contributed by atoms with Crippen LogP contribution in [0.2, 0.25) is 10.0 Å². The van der Waals surface area contributed by atoms with E-state index in [1.807, 2.05) is 13.1 Å². The van der Waals surface area contributed by atoms with Crippen molar-refractivity contribution < 1.29 is 47.8 Å². The highest BCUT2D eigenvalue weighted by Gasteiger charge is 2.38. The highest BCUT2D eigenvalue weighted by Crippen LogP contribution is 2.38. The Morgan fingerprint density at radius 1 is 1.00 bits per heavy atom. The Morgan fingerprint density at radius 3 is 2.38 bits per heavy atom. The van der Waals surface area contributed by atoms with E-state index in [4.69, 9.17) is 32.7 Å². The number of nitrogens with zero attached hydrogens (tertiary/aromatic N) is 3. The number of carbonyl (C=O) groups excluding carboxylic acids is 3. The van der Waals surface area contributed by atoms with E-state index in [1.165, 1.54) is 30.6 Å². The van der Waals surface area contributed by atoms with Crippen molar-refractivity contribution in [1.29, 1.82) is 0 Å². The van der Waals surface area contributed by atoms with Crippen LogP contribution in [0.4, 0.5) is 20.2 Å². The number of alkyl halides is 2. The molecule has 2 aromatic carbocycles. The summed E-state index contributed by atoms with van der Waals surface area (Å²) in [4.78, 5) is 47.9. The van der Waals surface area contributed by atoms with Gasteiger partial charge in [-0.3, -0.25) is 19.3 Å². The summed E-state index contributed by atoms with van der Waals surface area (Å²) in [6.45, 7) is -0.0167. The number of aromatic nitrogens is 1. The average Bonchev–Trinajstić information content (AvgIpc) is 3.85. The summed E-state index contributed by atoms with van der Waals surface area (Å²) in [6.07, 6.45) is 3.97. The number of halogens is 4. The van der Waals surface area contributed by atoms with Gasteiger partial charge in [0.1, 0.15) is 22.7 Å². The number of anilines is 2. The molecule has 3 aliphatic rings. The Hall–Kier alpha value is -4.04. The molecule has 1 atom stereocenters. The Balaban J connectivity index is 0.00000451. The van der Waals surface area contributed by atoms with E-state index in [0.717, 1.165) is 49.6 Å². The second kappa shape index (κ2) is 15.0. The predicted octanol–water partition coefficient (Wildman–Crippen LogP) is 4.83. The minimum absolute atomic E-state index is 0. The van der Waals surface area contributed by atoms with Crippen molar-refractivity contribution in [3.8, 4) is 11.5 Å². The third-order valence-corrected chi connectivity index (χ3v) is 9.17. The maximum atomic E-state index is 13.6. The molecule has 1 saturated heterocycles. The number of nitrogens with one attached hydrogen (secondary N) is 1. The van der Waals surface area contributed by atoms with E-state index < -0.39 is 36.9 Å². The number of likely N-dealkylation sites (N-methyl/N-ethyl adjacent to an activating group) is 1. The number of fused-ring (bicyclic) bond motifs is 1. The monoisotopic (exact) mass is 706 g/mol. The van der Waals surface area contributed by atoms with Gasteiger partial charge < -0.3 is 29.5 Å². The fourth-order valence-corrected chi connectivity index (χ4v) is 6.17. The first-order chi connectivity index (χ1) is 22.6. The van der Waals surface area contributed by atoms with Gasteiger partial charge in [0.05, 0.1) is 17.9 Å². The minimum Gasteiger partial charge on any atom is -0.870 e. The van der Waals surface area contributed by atoms with Crippen molar-refractivity contribution in [2.45, 2.75) is 32.0 Å². The minimum atomic E-state index is -3.07. The van der Waals surface area contributed by atoms with E-state index in [1.54, 1.807) is 12.1 Å². The van der Waals surface area contributed by atoms with E-state index in [2.05, 4.69) is 19.5 Å². The first-order valence-electron chi connectivity index (χ1n) is 15.3. The van der Waals surface area contributed by atoms with Gasteiger partial charge in [-0.25, -0.2) is 4.98 Å². The Bertz CT molecular complexity index is 1670. The van der Waals surface area contributed by atoms with Crippen molar-refractivity contribution >= 4 is 52.2 Å². The lowest BCUT2D eigenvalue weighted by atomic mass is 10.0. The summed E-state index contributed by atoms with van der Waals surface area (Å²) in [7, 11) is 2.05. The lowest BCUT2D eigenvalue weighted by Gasteiger charge is -2.34. The Morgan fingerprint density at radius 2 is 1.71 bits per heavy atom. The molecule has 1 aromatic heterocycles. The maximum absolute atomic E-state index is 13.6. The van der Waals surface area contributed by atoms with Gasteiger partial charge in [-0.15, -0.1) is 0 Å². The lowest BCUT2D eigenvalue weighted by Crippen LogP contribution is -2.44. The number of carbonyl (C=O) groups is 3. The zero-order valence-corrected chi connectivity index (χ0v) is 27.5. The summed E-state index contributed by atoms with van der Waals surface area (Å²) >= 11 is 12.9. The topological polar surface area (TPSA) is 133 Å². The fraction of sp³-hybridized carbons (Fsp3) is 0.394. The Kier molecular flexibility index (Phi) is 11.0. The third kappa shape index (κ3) is 7.97. The van der Waals surface area contributed by atoms with Gasteiger partial charge in [0, 0.05) is 43.9 Å². The summed E-state index contributed by atoms with van der Waals surface area (Å²) in [5.74, 6) is -2.12. The molecule has 0 bridgehead atoms. The molecule has 0 radical (unpaired) electrons. The van der Waals surface area contributed by atoms with Crippen molar-refractivity contribution in [1.82, 2.24) is 4.90 Å². The van der Waals surface area contributed by atoms with Crippen molar-refractivity contribution in [3.63, 3.8) is 0 Å². The summed E-state index contributed by atoms with van der Waals surface area (Å²) in [6, 6.07) is 9.46. The molecule has 0 spiro atoms. The molecule has 11 nitrogen and oxygen atoms in total. The molecule has 48 heavy (non-hydrogen) atoms. The Labute approximate surface area is 285 Å². The molecule has 0 unspecified atom stereocenters. The number of benzene rings is 2. The van der Waals surface area contributed by atoms with Crippen molar-refractivity contribution in [3.05, 3.63) is 75.5 Å². The molecule has 2 fully saturated rings. The molecular weight excluding hydrogens is 673 g/mol. The summed E-state index contributed by atoms with van der Waals surface area (Å²) < 4.78 is 42.8. The van der Waals surface area contributed by atoms with E-state index in [-0.39, 0.29) is 39.0 Å². The number of pyridine rings is 1. The SMILES string of the molecule is CN1CCN(c2ccc3c(c2)N(CC(=O)O[C@@H](Cc2c(Cl)c[nH+]cc2Cl)c2ccc(OC(F)F)c(OCC4CC4)c2)C(=O)C3=O)CC1.[OH-]. The smallest absolute Gasteiger partial charge is 0.387 e. The van der Waals surface area contributed by atoms with E-state index in [9.17, 15) is 23.2 Å². The van der Waals surface area contributed by atoms with Gasteiger partial charge in [0.25, 0.3) is 11.7 Å². The van der Waals surface area contributed by atoms with E-state index in [0.29, 0.717) is 29.3 Å². The number of piperazine rings is 1. The first-order valence-corrected chi connectivity index (χ1v) is 16.0. The normalized spacial score (nSPS) is 16.9. The number of amides is 1.